The molecular weight excluding hydrogens is 224 g/mol. The van der Waals surface area contributed by atoms with Gasteiger partial charge in [-0.25, -0.2) is 0 Å². The number of ether oxygens (including phenoxy) is 1. The molecule has 1 aromatic rings. The van der Waals surface area contributed by atoms with E-state index in [1.54, 1.807) is 0 Å². The molecule has 0 spiro atoms. The first-order valence-electron chi connectivity index (χ1n) is 5.62. The molecule has 88 valence electrons. The van der Waals surface area contributed by atoms with Gasteiger partial charge in [0.25, 0.3) is 0 Å². The van der Waals surface area contributed by atoms with Crippen LogP contribution in [0.5, 0.6) is 0 Å². The van der Waals surface area contributed by atoms with Crippen molar-refractivity contribution < 1.29 is 9.53 Å². The van der Waals surface area contributed by atoms with Crippen LogP contribution in [0.15, 0.2) is 24.3 Å². The molecule has 16 heavy (non-hydrogen) atoms. The fraction of sp³-hybridized carbons (Fsp3) is 0.462. The van der Waals surface area contributed by atoms with Crippen molar-refractivity contribution in [3.63, 3.8) is 0 Å². The molecule has 0 heterocycles. The minimum absolute atomic E-state index is 0.108. The van der Waals surface area contributed by atoms with Crippen molar-refractivity contribution in [2.24, 2.45) is 0 Å². The van der Waals surface area contributed by atoms with E-state index in [9.17, 15) is 4.79 Å². The van der Waals surface area contributed by atoms with E-state index in [1.807, 2.05) is 24.3 Å². The second-order valence-corrected chi connectivity index (χ2v) is 4.14. The molecule has 0 saturated carbocycles. The van der Waals surface area contributed by atoms with E-state index >= 15 is 0 Å². The van der Waals surface area contributed by atoms with E-state index in [0.29, 0.717) is 13.0 Å². The molecule has 0 aromatic heterocycles. The third-order valence-corrected chi connectivity index (χ3v) is 2.51. The lowest BCUT2D eigenvalue weighted by molar-refractivity contribution is -0.143. The third kappa shape index (κ3) is 5.17. The fourth-order valence-electron chi connectivity index (χ4n) is 1.37. The number of benzene rings is 1. The molecule has 0 aliphatic heterocycles. The van der Waals surface area contributed by atoms with Gasteiger partial charge in [-0.3, -0.25) is 4.79 Å². The minimum Gasteiger partial charge on any atom is -0.465 e. The third-order valence-electron chi connectivity index (χ3n) is 2.28. The monoisotopic (exact) mass is 240 g/mol. The van der Waals surface area contributed by atoms with Crippen molar-refractivity contribution in [2.75, 3.05) is 6.61 Å². The Bertz CT molecular complexity index is 336. The molecule has 1 rings (SSSR count). The molecule has 0 fully saturated rings. The van der Waals surface area contributed by atoms with Crippen molar-refractivity contribution in [3.8, 4) is 0 Å². The van der Waals surface area contributed by atoms with Crippen LogP contribution in [0.3, 0.4) is 0 Å². The van der Waals surface area contributed by atoms with Crippen molar-refractivity contribution >= 4 is 17.6 Å². The first-order chi connectivity index (χ1) is 7.72. The van der Waals surface area contributed by atoms with E-state index < -0.39 is 0 Å². The normalized spacial score (nSPS) is 10.1. The molecule has 0 unspecified atom stereocenters. The number of halogens is 1. The quantitative estimate of drug-likeness (QED) is 0.710. The van der Waals surface area contributed by atoms with Gasteiger partial charge in [-0.15, -0.1) is 0 Å². The van der Waals surface area contributed by atoms with Crippen LogP contribution < -0.4 is 0 Å². The highest BCUT2D eigenvalue weighted by Gasteiger charge is 2.01. The molecule has 1 aromatic carbocycles. The highest BCUT2D eigenvalue weighted by Crippen LogP contribution is 2.11. The second kappa shape index (κ2) is 7.29. The Labute approximate surface area is 102 Å². The summed E-state index contributed by atoms with van der Waals surface area (Å²) >= 11 is 5.85. The second-order valence-electron chi connectivity index (χ2n) is 3.70. The zero-order valence-electron chi connectivity index (χ0n) is 9.54. The molecule has 2 nitrogen and oxygen atoms in total. The highest BCUT2D eigenvalue weighted by molar-refractivity contribution is 6.30. The summed E-state index contributed by atoms with van der Waals surface area (Å²) in [5, 5.41) is 0.717. The summed E-state index contributed by atoms with van der Waals surface area (Å²) in [6, 6.07) is 7.60. The number of esters is 1. The molecule has 3 heteroatoms. The summed E-state index contributed by atoms with van der Waals surface area (Å²) in [4.78, 5) is 11.2. The number of carbonyl (C=O) groups is 1. The van der Waals surface area contributed by atoms with Crippen LogP contribution in [0.2, 0.25) is 5.02 Å². The molecule has 0 amide bonds. The summed E-state index contributed by atoms with van der Waals surface area (Å²) in [5.41, 5.74) is 1.09. The van der Waals surface area contributed by atoms with Gasteiger partial charge < -0.3 is 4.74 Å². The first kappa shape index (κ1) is 13.0. The van der Waals surface area contributed by atoms with Crippen LogP contribution in [0.4, 0.5) is 0 Å². The Morgan fingerprint density at radius 1 is 1.44 bits per heavy atom. The predicted molar refractivity (Wildman–Crippen MR) is 65.6 cm³/mol. The van der Waals surface area contributed by atoms with Crippen LogP contribution in [-0.2, 0) is 16.0 Å². The maximum absolute atomic E-state index is 11.2. The average molecular weight is 241 g/mol. The molecule has 0 radical (unpaired) electrons. The SMILES string of the molecule is CCCCC(=O)OCCc1cccc(Cl)c1. The van der Waals surface area contributed by atoms with Crippen LogP contribution in [-0.4, -0.2) is 12.6 Å². The molecule has 0 aliphatic carbocycles. The Morgan fingerprint density at radius 3 is 2.94 bits per heavy atom. The van der Waals surface area contributed by atoms with Crippen LogP contribution in [0, 0.1) is 0 Å². The number of rotatable bonds is 6. The number of hydrogen-bond donors (Lipinski definition) is 0. The minimum atomic E-state index is -0.108. The van der Waals surface area contributed by atoms with E-state index in [-0.39, 0.29) is 5.97 Å². The van der Waals surface area contributed by atoms with E-state index in [0.717, 1.165) is 29.8 Å². The maximum atomic E-state index is 11.2. The van der Waals surface area contributed by atoms with Gasteiger partial charge in [0.05, 0.1) is 6.61 Å². The fourth-order valence-corrected chi connectivity index (χ4v) is 1.58. The van der Waals surface area contributed by atoms with Gasteiger partial charge >= 0.3 is 5.97 Å². The lowest BCUT2D eigenvalue weighted by atomic mass is 10.2. The standard InChI is InChI=1S/C13H17ClO2/c1-2-3-7-13(15)16-9-8-11-5-4-6-12(14)10-11/h4-6,10H,2-3,7-9H2,1H3. The predicted octanol–water partition coefficient (Wildman–Crippen LogP) is 3.62. The maximum Gasteiger partial charge on any atom is 0.305 e. The van der Waals surface area contributed by atoms with Gasteiger partial charge in [0.1, 0.15) is 0 Å². The largest absolute Gasteiger partial charge is 0.465 e. The van der Waals surface area contributed by atoms with Crippen LogP contribution >= 0.6 is 11.6 Å². The van der Waals surface area contributed by atoms with E-state index in [2.05, 4.69) is 6.92 Å². The number of carbonyl (C=O) groups excluding carboxylic acids is 1. The average Bonchev–Trinajstić information content (AvgIpc) is 2.26. The zero-order valence-corrected chi connectivity index (χ0v) is 10.3. The van der Waals surface area contributed by atoms with Crippen molar-refractivity contribution in [3.05, 3.63) is 34.9 Å². The van der Waals surface area contributed by atoms with E-state index in [1.165, 1.54) is 0 Å². The molecule has 0 aliphatic rings. The smallest absolute Gasteiger partial charge is 0.305 e. The van der Waals surface area contributed by atoms with Gasteiger partial charge in [0, 0.05) is 17.9 Å². The van der Waals surface area contributed by atoms with Gasteiger partial charge in [-0.05, 0) is 24.1 Å². The Kier molecular flexibility index (Phi) is 5.94. The topological polar surface area (TPSA) is 26.3 Å². The van der Waals surface area contributed by atoms with Gasteiger partial charge in [-0.1, -0.05) is 37.1 Å². The van der Waals surface area contributed by atoms with Gasteiger partial charge in [-0.2, -0.15) is 0 Å². The lowest BCUT2D eigenvalue weighted by Gasteiger charge is -2.04. The summed E-state index contributed by atoms with van der Waals surface area (Å²) in [7, 11) is 0. The molecule has 0 atom stereocenters. The molecule has 0 bridgehead atoms. The number of unbranched alkanes of at least 4 members (excludes halogenated alkanes) is 1. The van der Waals surface area contributed by atoms with Gasteiger partial charge in [0.2, 0.25) is 0 Å². The molecule has 0 N–H and O–H groups in total. The van der Waals surface area contributed by atoms with Crippen molar-refractivity contribution in [2.45, 2.75) is 32.6 Å². The Balaban J connectivity index is 2.22. The van der Waals surface area contributed by atoms with Gasteiger partial charge in [0.15, 0.2) is 0 Å². The number of hydrogen-bond acceptors (Lipinski definition) is 2. The summed E-state index contributed by atoms with van der Waals surface area (Å²) in [5.74, 6) is -0.108. The van der Waals surface area contributed by atoms with Crippen molar-refractivity contribution in [1.82, 2.24) is 0 Å². The Morgan fingerprint density at radius 2 is 2.25 bits per heavy atom. The van der Waals surface area contributed by atoms with Crippen LogP contribution in [0.1, 0.15) is 31.7 Å². The summed E-state index contributed by atoms with van der Waals surface area (Å²) < 4.78 is 5.11. The lowest BCUT2D eigenvalue weighted by Crippen LogP contribution is -2.07. The Hall–Kier alpha value is -1.02. The van der Waals surface area contributed by atoms with Crippen molar-refractivity contribution in [1.29, 1.82) is 0 Å². The highest BCUT2D eigenvalue weighted by atomic mass is 35.5. The first-order valence-corrected chi connectivity index (χ1v) is 6.00. The zero-order chi connectivity index (χ0) is 11.8. The summed E-state index contributed by atoms with van der Waals surface area (Å²) in [6.07, 6.45) is 3.16. The van der Waals surface area contributed by atoms with E-state index in [4.69, 9.17) is 16.3 Å². The molecular formula is C13H17ClO2. The van der Waals surface area contributed by atoms with Crippen LogP contribution in [0.25, 0.3) is 0 Å². The summed E-state index contributed by atoms with van der Waals surface area (Å²) in [6.45, 7) is 2.49. The molecule has 0 saturated heterocycles.